The maximum atomic E-state index is 13.6. The Bertz CT molecular complexity index is 1170. The molecule has 2 aliphatic rings. The zero-order chi connectivity index (χ0) is 28.3. The van der Waals surface area contributed by atoms with Gasteiger partial charge in [-0.25, -0.2) is 4.79 Å². The maximum Gasteiger partial charge on any atom is 0.416 e. The van der Waals surface area contributed by atoms with E-state index in [0.29, 0.717) is 24.5 Å². The second-order valence-corrected chi connectivity index (χ2v) is 10.7. The minimum atomic E-state index is -4.47. The van der Waals surface area contributed by atoms with Crippen molar-refractivity contribution in [3.8, 4) is 5.75 Å². The molecule has 3 atom stereocenters. The fourth-order valence-corrected chi connectivity index (χ4v) is 4.68. The van der Waals surface area contributed by atoms with E-state index in [1.807, 2.05) is 6.92 Å². The van der Waals surface area contributed by atoms with Gasteiger partial charge in [-0.05, 0) is 75.2 Å². The van der Waals surface area contributed by atoms with Crippen LogP contribution in [0.3, 0.4) is 0 Å². The maximum absolute atomic E-state index is 13.6. The van der Waals surface area contributed by atoms with Gasteiger partial charge in [-0.2, -0.15) is 13.2 Å². The molecule has 0 unspecified atom stereocenters. The van der Waals surface area contributed by atoms with Crippen molar-refractivity contribution >= 4 is 23.3 Å². The third kappa shape index (κ3) is 7.42. The Morgan fingerprint density at radius 2 is 1.77 bits per heavy atom. The third-order valence-electron chi connectivity index (χ3n) is 7.15. The Morgan fingerprint density at radius 1 is 1.13 bits per heavy atom. The van der Waals surface area contributed by atoms with Gasteiger partial charge in [0, 0.05) is 36.9 Å². The van der Waals surface area contributed by atoms with Crippen molar-refractivity contribution in [3.05, 3.63) is 53.6 Å². The third-order valence-corrected chi connectivity index (χ3v) is 7.15. The van der Waals surface area contributed by atoms with E-state index < -0.39 is 23.8 Å². The van der Waals surface area contributed by atoms with E-state index in [1.165, 1.54) is 18.9 Å². The highest BCUT2D eigenvalue weighted by molar-refractivity contribution is 6.02. The summed E-state index contributed by atoms with van der Waals surface area (Å²) in [5.41, 5.74) is -0.0741. The van der Waals surface area contributed by atoms with Crippen molar-refractivity contribution in [2.24, 2.45) is 11.8 Å². The summed E-state index contributed by atoms with van der Waals surface area (Å²) in [6.45, 7) is 5.68. The lowest BCUT2D eigenvalue weighted by molar-refractivity contribution is -0.137. The molecule has 1 aliphatic carbocycles. The van der Waals surface area contributed by atoms with Gasteiger partial charge in [0.1, 0.15) is 11.9 Å². The van der Waals surface area contributed by atoms with E-state index in [4.69, 9.17) is 4.74 Å². The molecule has 0 bridgehead atoms. The molecule has 8 nitrogen and oxygen atoms in total. The number of anilines is 2. The molecule has 0 aromatic heterocycles. The number of fused-ring (bicyclic) bond motifs is 1. The van der Waals surface area contributed by atoms with Crippen LogP contribution in [0.2, 0.25) is 0 Å². The Morgan fingerprint density at radius 3 is 2.38 bits per heavy atom. The molecule has 1 saturated carbocycles. The van der Waals surface area contributed by atoms with Crippen molar-refractivity contribution in [3.63, 3.8) is 0 Å². The number of hydrogen-bond donors (Lipinski definition) is 3. The highest BCUT2D eigenvalue weighted by Gasteiger charge is 2.34. The molecule has 1 heterocycles. The average Bonchev–Trinajstić information content (AvgIpc) is 3.69. The number of carbonyl (C=O) groups excluding carboxylic acids is 2. The van der Waals surface area contributed by atoms with Crippen LogP contribution in [-0.2, 0) is 6.18 Å². The summed E-state index contributed by atoms with van der Waals surface area (Å²) in [7, 11) is 2.07. The van der Waals surface area contributed by atoms with Gasteiger partial charge in [0.25, 0.3) is 5.91 Å². The van der Waals surface area contributed by atoms with E-state index in [9.17, 15) is 27.9 Å². The average molecular weight is 549 g/mol. The zero-order valence-electron chi connectivity index (χ0n) is 22.3. The van der Waals surface area contributed by atoms with Crippen molar-refractivity contribution in [2.45, 2.75) is 45.0 Å². The highest BCUT2D eigenvalue weighted by Crippen LogP contribution is 2.33. The molecule has 2 aromatic rings. The van der Waals surface area contributed by atoms with Crippen LogP contribution in [0.5, 0.6) is 5.75 Å². The number of rotatable bonds is 8. The van der Waals surface area contributed by atoms with E-state index in [-0.39, 0.29) is 35.8 Å². The van der Waals surface area contributed by atoms with Gasteiger partial charge in [-0.3, -0.25) is 4.79 Å². The largest absolute Gasteiger partial charge is 0.488 e. The predicted molar refractivity (Wildman–Crippen MR) is 142 cm³/mol. The first kappa shape index (κ1) is 28.7. The number of alkyl halides is 3. The lowest BCUT2D eigenvalue weighted by Crippen LogP contribution is -2.50. The molecular formula is C28H35F3N4O4. The lowest BCUT2D eigenvalue weighted by Gasteiger charge is -2.38. The second-order valence-electron chi connectivity index (χ2n) is 10.7. The summed E-state index contributed by atoms with van der Waals surface area (Å²) < 4.78 is 44.8. The number of ether oxygens (including phenoxy) is 1. The molecule has 1 fully saturated rings. The fourth-order valence-electron chi connectivity index (χ4n) is 4.68. The van der Waals surface area contributed by atoms with Gasteiger partial charge >= 0.3 is 12.2 Å². The summed E-state index contributed by atoms with van der Waals surface area (Å²) in [5, 5.41) is 14.9. The Balaban J connectivity index is 1.52. The quantitative estimate of drug-likeness (QED) is 0.436. The molecule has 39 heavy (non-hydrogen) atoms. The van der Waals surface area contributed by atoms with Crippen molar-refractivity contribution in [1.82, 2.24) is 9.80 Å². The number of urea groups is 1. The monoisotopic (exact) mass is 548 g/mol. The first-order valence-corrected chi connectivity index (χ1v) is 13.1. The molecule has 4 rings (SSSR count). The summed E-state index contributed by atoms with van der Waals surface area (Å²) >= 11 is 0. The molecule has 2 aromatic carbocycles. The molecule has 1 aliphatic heterocycles. The van der Waals surface area contributed by atoms with Crippen LogP contribution in [0.15, 0.2) is 42.5 Å². The number of aliphatic hydroxyl groups excluding tert-OH is 1. The Kier molecular flexibility index (Phi) is 8.70. The van der Waals surface area contributed by atoms with E-state index >= 15 is 0 Å². The Hall–Kier alpha value is -3.31. The molecule has 0 radical (unpaired) electrons. The van der Waals surface area contributed by atoms with Gasteiger partial charge in [-0.1, -0.05) is 6.92 Å². The minimum absolute atomic E-state index is 0.00469. The van der Waals surface area contributed by atoms with Gasteiger partial charge in [0.2, 0.25) is 0 Å². The van der Waals surface area contributed by atoms with E-state index in [0.717, 1.165) is 36.7 Å². The molecule has 0 saturated heterocycles. The molecule has 3 amide bonds. The fraction of sp³-hybridized carbons (Fsp3) is 0.500. The number of amides is 3. The predicted octanol–water partition coefficient (Wildman–Crippen LogP) is 4.91. The van der Waals surface area contributed by atoms with Crippen molar-refractivity contribution in [1.29, 1.82) is 0 Å². The number of aliphatic hydroxyl groups is 1. The standard InChI is InChI=1S/C28H35F3N4O4/c1-17-13-35(18(2)16-36)26(37)23-12-22(10-11-24(23)39-25(17)15-34(3)14-19-4-5-19)33-27(38)32-21-8-6-20(7-9-21)28(29,30)31/h6-12,17-19,25,36H,4-5,13-16H2,1-3H3,(H2,32,33,38)/t17-,18-,25-/m1/s1. The molecule has 11 heteroatoms. The zero-order valence-corrected chi connectivity index (χ0v) is 22.3. The van der Waals surface area contributed by atoms with Crippen LogP contribution >= 0.6 is 0 Å². The first-order valence-electron chi connectivity index (χ1n) is 13.1. The van der Waals surface area contributed by atoms with E-state index in [2.05, 4.69) is 22.6 Å². The van der Waals surface area contributed by atoms with Crippen LogP contribution in [0.1, 0.15) is 42.6 Å². The lowest BCUT2D eigenvalue weighted by atomic mass is 9.99. The van der Waals surface area contributed by atoms with Gasteiger partial charge in [0.05, 0.1) is 23.8 Å². The number of likely N-dealkylation sites (N-methyl/N-ethyl adjacent to an activating group) is 1. The van der Waals surface area contributed by atoms with Crippen LogP contribution in [0, 0.1) is 11.8 Å². The number of nitrogens with one attached hydrogen (secondary N) is 2. The van der Waals surface area contributed by atoms with Gasteiger partial charge in [0.15, 0.2) is 0 Å². The van der Waals surface area contributed by atoms with E-state index in [1.54, 1.807) is 24.0 Å². The number of hydrogen-bond acceptors (Lipinski definition) is 5. The molecule has 3 N–H and O–H groups in total. The summed E-state index contributed by atoms with van der Waals surface area (Å²) in [4.78, 5) is 30.0. The number of halogens is 3. The highest BCUT2D eigenvalue weighted by atomic mass is 19.4. The van der Waals surface area contributed by atoms with Gasteiger partial charge in [-0.15, -0.1) is 0 Å². The first-order chi connectivity index (χ1) is 18.4. The van der Waals surface area contributed by atoms with Crippen LogP contribution in [0.4, 0.5) is 29.3 Å². The van der Waals surface area contributed by atoms with Crippen LogP contribution in [-0.4, -0.2) is 72.3 Å². The molecule has 212 valence electrons. The van der Waals surface area contributed by atoms with Crippen LogP contribution in [0.25, 0.3) is 0 Å². The molecule has 0 spiro atoms. The minimum Gasteiger partial charge on any atom is -0.488 e. The summed E-state index contributed by atoms with van der Waals surface area (Å²) in [6, 6.07) is 7.75. The number of benzene rings is 2. The van der Waals surface area contributed by atoms with Crippen molar-refractivity contribution in [2.75, 3.05) is 43.9 Å². The normalized spacial score (nSPS) is 20.5. The SMILES string of the molecule is C[C@@H]1CN([C@H](C)CO)C(=O)c2cc(NC(=O)Nc3ccc(C(F)(F)F)cc3)ccc2O[C@@H]1CN(C)CC1CC1. The Labute approximate surface area is 226 Å². The van der Waals surface area contributed by atoms with Crippen molar-refractivity contribution < 1.29 is 32.6 Å². The topological polar surface area (TPSA) is 94.1 Å². The summed E-state index contributed by atoms with van der Waals surface area (Å²) in [6.07, 6.45) is -2.18. The molecular weight excluding hydrogens is 513 g/mol. The number of nitrogens with zero attached hydrogens (tertiary/aromatic N) is 2. The van der Waals surface area contributed by atoms with Crippen LogP contribution < -0.4 is 15.4 Å². The smallest absolute Gasteiger partial charge is 0.416 e. The van der Waals surface area contributed by atoms with Gasteiger partial charge < -0.3 is 30.3 Å². The summed E-state index contributed by atoms with van der Waals surface area (Å²) in [5.74, 6) is 0.793. The number of carbonyl (C=O) groups is 2. The second kappa shape index (κ2) is 11.8.